The molecule has 0 spiro atoms. The van der Waals surface area contributed by atoms with Crippen LogP contribution < -0.4 is 4.74 Å². The molecule has 0 heterocycles. The standard InChI is InChI=1S/C23H32O/c1-4-17(3)14-18-6-8-19(9-7-18)20-10-11-22-16-23(24-5-2)13-12-21(22)15-20/h10-13,15-19H,4-9,14H2,1-3H3/t17?,18-,19-. The predicted octanol–water partition coefficient (Wildman–Crippen LogP) is 6.95. The third-order valence-corrected chi connectivity index (χ3v) is 5.90. The van der Waals surface area contributed by atoms with E-state index in [1.165, 1.54) is 54.9 Å². The third-order valence-electron chi connectivity index (χ3n) is 5.90. The van der Waals surface area contributed by atoms with E-state index in [1.807, 2.05) is 6.92 Å². The van der Waals surface area contributed by atoms with Gasteiger partial charge in [0.05, 0.1) is 6.61 Å². The molecule has 0 aliphatic heterocycles. The molecule has 3 rings (SSSR count). The summed E-state index contributed by atoms with van der Waals surface area (Å²) in [6.45, 7) is 7.49. The SMILES string of the molecule is CCOc1ccc2cc([C@H]3CC[C@H](CC(C)CC)CC3)ccc2c1. The molecular formula is C23H32O. The van der Waals surface area contributed by atoms with Gasteiger partial charge < -0.3 is 4.74 Å². The Bertz CT molecular complexity index is 652. The molecular weight excluding hydrogens is 292 g/mol. The van der Waals surface area contributed by atoms with Crippen LogP contribution in [0.4, 0.5) is 0 Å². The van der Waals surface area contributed by atoms with Gasteiger partial charge in [-0.25, -0.2) is 0 Å². The molecule has 1 saturated carbocycles. The van der Waals surface area contributed by atoms with Gasteiger partial charge in [0.15, 0.2) is 0 Å². The van der Waals surface area contributed by atoms with E-state index in [-0.39, 0.29) is 0 Å². The van der Waals surface area contributed by atoms with Crippen molar-refractivity contribution in [1.82, 2.24) is 0 Å². The number of rotatable bonds is 6. The molecule has 1 heteroatoms. The fourth-order valence-corrected chi connectivity index (χ4v) is 4.22. The second-order valence-electron chi connectivity index (χ2n) is 7.67. The molecule has 0 amide bonds. The lowest BCUT2D eigenvalue weighted by Crippen LogP contribution is -2.15. The van der Waals surface area contributed by atoms with Crippen molar-refractivity contribution in [2.24, 2.45) is 11.8 Å². The van der Waals surface area contributed by atoms with Crippen LogP contribution in [0, 0.1) is 11.8 Å². The summed E-state index contributed by atoms with van der Waals surface area (Å²) in [5.41, 5.74) is 1.54. The van der Waals surface area contributed by atoms with Crippen LogP contribution in [0.3, 0.4) is 0 Å². The van der Waals surface area contributed by atoms with Crippen molar-refractivity contribution in [1.29, 1.82) is 0 Å². The molecule has 1 fully saturated rings. The van der Waals surface area contributed by atoms with E-state index in [1.54, 1.807) is 0 Å². The van der Waals surface area contributed by atoms with Crippen molar-refractivity contribution in [2.45, 2.75) is 65.2 Å². The summed E-state index contributed by atoms with van der Waals surface area (Å²) in [6, 6.07) is 13.5. The smallest absolute Gasteiger partial charge is 0.119 e. The van der Waals surface area contributed by atoms with Crippen LogP contribution in [0.2, 0.25) is 0 Å². The minimum absolute atomic E-state index is 0.726. The first-order valence-electron chi connectivity index (χ1n) is 9.86. The van der Waals surface area contributed by atoms with Crippen molar-refractivity contribution >= 4 is 10.8 Å². The van der Waals surface area contributed by atoms with Crippen LogP contribution in [-0.2, 0) is 0 Å². The lowest BCUT2D eigenvalue weighted by Gasteiger charge is -2.30. The average molecular weight is 325 g/mol. The fraction of sp³-hybridized carbons (Fsp3) is 0.565. The third kappa shape index (κ3) is 4.12. The number of ether oxygens (including phenoxy) is 1. The molecule has 1 aliphatic rings. The van der Waals surface area contributed by atoms with Crippen LogP contribution in [0.15, 0.2) is 36.4 Å². The molecule has 0 saturated heterocycles. The monoisotopic (exact) mass is 324 g/mol. The fourth-order valence-electron chi connectivity index (χ4n) is 4.22. The van der Waals surface area contributed by atoms with Gasteiger partial charge in [0.25, 0.3) is 0 Å². The largest absolute Gasteiger partial charge is 0.494 e. The predicted molar refractivity (Wildman–Crippen MR) is 104 cm³/mol. The van der Waals surface area contributed by atoms with Crippen molar-refractivity contribution in [3.05, 3.63) is 42.0 Å². The number of fused-ring (bicyclic) bond motifs is 1. The van der Waals surface area contributed by atoms with Crippen LogP contribution in [-0.4, -0.2) is 6.61 Å². The first kappa shape index (κ1) is 17.3. The summed E-state index contributed by atoms with van der Waals surface area (Å²) >= 11 is 0. The highest BCUT2D eigenvalue weighted by molar-refractivity contribution is 5.84. The van der Waals surface area contributed by atoms with Crippen molar-refractivity contribution < 1.29 is 4.74 Å². The summed E-state index contributed by atoms with van der Waals surface area (Å²) in [5, 5.41) is 2.63. The molecule has 2 aromatic rings. The van der Waals surface area contributed by atoms with E-state index in [0.717, 1.165) is 30.1 Å². The molecule has 130 valence electrons. The van der Waals surface area contributed by atoms with Gasteiger partial charge in [-0.1, -0.05) is 44.5 Å². The van der Waals surface area contributed by atoms with Crippen molar-refractivity contribution in [3.63, 3.8) is 0 Å². The minimum atomic E-state index is 0.726. The molecule has 0 radical (unpaired) electrons. The summed E-state index contributed by atoms with van der Waals surface area (Å²) in [6.07, 6.45) is 8.31. The average Bonchev–Trinajstić information content (AvgIpc) is 2.62. The Morgan fingerprint density at radius 3 is 2.38 bits per heavy atom. The highest BCUT2D eigenvalue weighted by Gasteiger charge is 2.23. The Morgan fingerprint density at radius 2 is 1.67 bits per heavy atom. The number of benzene rings is 2. The van der Waals surface area contributed by atoms with Gasteiger partial charge in [0, 0.05) is 0 Å². The first-order chi connectivity index (χ1) is 11.7. The molecule has 0 aromatic heterocycles. The summed E-state index contributed by atoms with van der Waals surface area (Å²) in [5.74, 6) is 3.59. The topological polar surface area (TPSA) is 9.23 Å². The highest BCUT2D eigenvalue weighted by Crippen LogP contribution is 2.39. The Balaban J connectivity index is 1.66. The van der Waals surface area contributed by atoms with Gasteiger partial charge in [-0.3, -0.25) is 0 Å². The van der Waals surface area contributed by atoms with Gasteiger partial charge in [0.2, 0.25) is 0 Å². The first-order valence-corrected chi connectivity index (χ1v) is 9.86. The maximum Gasteiger partial charge on any atom is 0.119 e. The molecule has 1 aliphatic carbocycles. The summed E-state index contributed by atoms with van der Waals surface area (Å²) in [4.78, 5) is 0. The Hall–Kier alpha value is -1.50. The maximum absolute atomic E-state index is 5.61. The highest BCUT2D eigenvalue weighted by atomic mass is 16.5. The normalized spacial score (nSPS) is 22.5. The summed E-state index contributed by atoms with van der Waals surface area (Å²) in [7, 11) is 0. The maximum atomic E-state index is 5.61. The van der Waals surface area contributed by atoms with Gasteiger partial charge in [-0.15, -0.1) is 0 Å². The second kappa shape index (κ2) is 8.05. The van der Waals surface area contributed by atoms with Gasteiger partial charge in [-0.2, -0.15) is 0 Å². The quantitative estimate of drug-likeness (QED) is 0.558. The van der Waals surface area contributed by atoms with E-state index in [9.17, 15) is 0 Å². The van der Waals surface area contributed by atoms with E-state index in [4.69, 9.17) is 4.74 Å². The Morgan fingerprint density at radius 1 is 0.958 bits per heavy atom. The van der Waals surface area contributed by atoms with Gasteiger partial charge >= 0.3 is 0 Å². The molecule has 0 bridgehead atoms. The number of hydrogen-bond donors (Lipinski definition) is 0. The summed E-state index contributed by atoms with van der Waals surface area (Å²) < 4.78 is 5.61. The zero-order valence-electron chi connectivity index (χ0n) is 15.6. The number of hydrogen-bond acceptors (Lipinski definition) is 1. The molecule has 1 atom stereocenters. The second-order valence-corrected chi connectivity index (χ2v) is 7.67. The van der Waals surface area contributed by atoms with E-state index in [2.05, 4.69) is 50.2 Å². The zero-order chi connectivity index (χ0) is 16.9. The van der Waals surface area contributed by atoms with Crippen LogP contribution in [0.5, 0.6) is 5.75 Å². The molecule has 2 aromatic carbocycles. The van der Waals surface area contributed by atoms with E-state index < -0.39 is 0 Å². The van der Waals surface area contributed by atoms with Crippen LogP contribution in [0.25, 0.3) is 10.8 Å². The van der Waals surface area contributed by atoms with E-state index in [0.29, 0.717) is 0 Å². The van der Waals surface area contributed by atoms with E-state index >= 15 is 0 Å². The Kier molecular flexibility index (Phi) is 5.81. The minimum Gasteiger partial charge on any atom is -0.494 e. The molecule has 1 unspecified atom stereocenters. The molecule has 24 heavy (non-hydrogen) atoms. The zero-order valence-corrected chi connectivity index (χ0v) is 15.6. The molecule has 0 N–H and O–H groups in total. The lowest BCUT2D eigenvalue weighted by molar-refractivity contribution is 0.273. The lowest BCUT2D eigenvalue weighted by atomic mass is 9.75. The Labute approximate surface area is 147 Å². The van der Waals surface area contributed by atoms with Crippen molar-refractivity contribution in [3.8, 4) is 5.75 Å². The van der Waals surface area contributed by atoms with Gasteiger partial charge in [0.1, 0.15) is 5.75 Å². The van der Waals surface area contributed by atoms with Gasteiger partial charge in [-0.05, 0) is 85.3 Å². The van der Waals surface area contributed by atoms with Crippen molar-refractivity contribution in [2.75, 3.05) is 6.61 Å². The molecule has 1 nitrogen and oxygen atoms in total. The van der Waals surface area contributed by atoms with Crippen LogP contribution >= 0.6 is 0 Å². The van der Waals surface area contributed by atoms with Crippen LogP contribution in [0.1, 0.15) is 70.8 Å².